The summed E-state index contributed by atoms with van der Waals surface area (Å²) in [6.07, 6.45) is 0. The van der Waals surface area contributed by atoms with Crippen molar-refractivity contribution < 1.29 is 4.74 Å². The molecule has 7 heteroatoms. The van der Waals surface area contributed by atoms with Crippen molar-refractivity contribution in [1.29, 1.82) is 0 Å². The molecule has 164 valence electrons. The van der Waals surface area contributed by atoms with Crippen LogP contribution in [0.3, 0.4) is 0 Å². The van der Waals surface area contributed by atoms with Crippen molar-refractivity contribution in [3.05, 3.63) is 60.2 Å². The summed E-state index contributed by atoms with van der Waals surface area (Å²) in [7, 11) is 1.71. The molecule has 6 nitrogen and oxygen atoms in total. The molecule has 1 aliphatic rings. The van der Waals surface area contributed by atoms with E-state index in [0.29, 0.717) is 13.2 Å². The van der Waals surface area contributed by atoms with Crippen LogP contribution in [0.4, 0.5) is 11.4 Å². The van der Waals surface area contributed by atoms with Crippen molar-refractivity contribution in [3.8, 4) is 0 Å². The molecule has 0 unspecified atom stereocenters. The van der Waals surface area contributed by atoms with E-state index in [1.165, 1.54) is 11.3 Å². The standard InChI is InChI=1S/C23H33N5O.HI/c1-3-24-23(26-19-20-9-11-21(12-10-20)25-13-18-29-2)28-16-14-27(15-17-28)22-7-5-4-6-8-22;/h4-12,25H,3,13-19H2,1-2H3,(H,24,26);1H. The quantitative estimate of drug-likeness (QED) is 0.240. The summed E-state index contributed by atoms with van der Waals surface area (Å²) in [5.41, 5.74) is 3.62. The number of rotatable bonds is 8. The van der Waals surface area contributed by atoms with Crippen LogP contribution in [0.15, 0.2) is 59.6 Å². The van der Waals surface area contributed by atoms with Crippen LogP contribution in [-0.2, 0) is 11.3 Å². The molecule has 30 heavy (non-hydrogen) atoms. The van der Waals surface area contributed by atoms with Crippen molar-refractivity contribution in [2.75, 3.05) is 63.2 Å². The van der Waals surface area contributed by atoms with Gasteiger partial charge in [-0.1, -0.05) is 30.3 Å². The molecular formula is C23H34IN5O. The maximum Gasteiger partial charge on any atom is 0.194 e. The van der Waals surface area contributed by atoms with Gasteiger partial charge in [0, 0.05) is 57.8 Å². The number of para-hydroxylation sites is 1. The molecule has 0 amide bonds. The van der Waals surface area contributed by atoms with E-state index in [2.05, 4.69) is 82.0 Å². The number of ether oxygens (including phenoxy) is 1. The second-order valence-electron chi connectivity index (χ2n) is 7.10. The van der Waals surface area contributed by atoms with Crippen LogP contribution in [0.2, 0.25) is 0 Å². The number of anilines is 2. The number of piperazine rings is 1. The lowest BCUT2D eigenvalue weighted by atomic mass is 10.2. The number of methoxy groups -OCH3 is 1. The number of hydrogen-bond donors (Lipinski definition) is 2. The van der Waals surface area contributed by atoms with Gasteiger partial charge in [0.25, 0.3) is 0 Å². The van der Waals surface area contributed by atoms with Crippen molar-refractivity contribution in [2.45, 2.75) is 13.5 Å². The zero-order valence-corrected chi connectivity index (χ0v) is 20.3. The topological polar surface area (TPSA) is 52.1 Å². The lowest BCUT2D eigenvalue weighted by molar-refractivity contribution is 0.211. The van der Waals surface area contributed by atoms with Crippen LogP contribution in [0.1, 0.15) is 12.5 Å². The van der Waals surface area contributed by atoms with E-state index in [9.17, 15) is 0 Å². The van der Waals surface area contributed by atoms with Crippen molar-refractivity contribution in [2.24, 2.45) is 4.99 Å². The average molecular weight is 523 g/mol. The van der Waals surface area contributed by atoms with Gasteiger partial charge in [0.2, 0.25) is 0 Å². The van der Waals surface area contributed by atoms with E-state index in [1.54, 1.807) is 7.11 Å². The van der Waals surface area contributed by atoms with Gasteiger partial charge in [0.1, 0.15) is 0 Å². The highest BCUT2D eigenvalue weighted by Gasteiger charge is 2.19. The molecule has 0 saturated carbocycles. The molecule has 1 aliphatic heterocycles. The molecule has 0 radical (unpaired) electrons. The second-order valence-corrected chi connectivity index (χ2v) is 7.10. The number of halogens is 1. The smallest absolute Gasteiger partial charge is 0.194 e. The molecular weight excluding hydrogens is 489 g/mol. The summed E-state index contributed by atoms with van der Waals surface area (Å²) >= 11 is 0. The molecule has 0 atom stereocenters. The fourth-order valence-corrected chi connectivity index (χ4v) is 3.43. The summed E-state index contributed by atoms with van der Waals surface area (Å²) in [5, 5.41) is 6.80. The van der Waals surface area contributed by atoms with Gasteiger partial charge in [-0.25, -0.2) is 4.99 Å². The number of nitrogens with one attached hydrogen (secondary N) is 2. The first-order chi connectivity index (χ1) is 14.3. The Bertz CT molecular complexity index is 746. The molecule has 2 aromatic carbocycles. The Hall–Kier alpha value is -2.00. The average Bonchev–Trinajstić information content (AvgIpc) is 2.78. The molecule has 2 N–H and O–H groups in total. The Morgan fingerprint density at radius 1 is 1.00 bits per heavy atom. The minimum absolute atomic E-state index is 0. The van der Waals surface area contributed by atoms with Gasteiger partial charge in [0.15, 0.2) is 5.96 Å². The Kier molecular flexibility index (Phi) is 10.8. The van der Waals surface area contributed by atoms with Gasteiger partial charge in [-0.2, -0.15) is 0 Å². The third kappa shape index (κ3) is 7.36. The van der Waals surface area contributed by atoms with Gasteiger partial charge >= 0.3 is 0 Å². The number of benzene rings is 2. The fourth-order valence-electron chi connectivity index (χ4n) is 3.43. The van der Waals surface area contributed by atoms with Crippen LogP contribution in [-0.4, -0.2) is 63.8 Å². The zero-order valence-electron chi connectivity index (χ0n) is 18.0. The summed E-state index contributed by atoms with van der Waals surface area (Å²) in [4.78, 5) is 9.69. The van der Waals surface area contributed by atoms with E-state index >= 15 is 0 Å². The van der Waals surface area contributed by atoms with Crippen LogP contribution in [0.25, 0.3) is 0 Å². The Labute approximate surface area is 197 Å². The third-order valence-corrected chi connectivity index (χ3v) is 5.04. The van der Waals surface area contributed by atoms with Crippen LogP contribution in [0.5, 0.6) is 0 Å². The van der Waals surface area contributed by atoms with Crippen molar-refractivity contribution in [1.82, 2.24) is 10.2 Å². The normalized spacial score (nSPS) is 14.3. The summed E-state index contributed by atoms with van der Waals surface area (Å²) in [6, 6.07) is 19.1. The first-order valence-electron chi connectivity index (χ1n) is 10.4. The highest BCUT2D eigenvalue weighted by molar-refractivity contribution is 14.0. The third-order valence-electron chi connectivity index (χ3n) is 5.04. The predicted octanol–water partition coefficient (Wildman–Crippen LogP) is 3.65. The van der Waals surface area contributed by atoms with Crippen molar-refractivity contribution in [3.63, 3.8) is 0 Å². The van der Waals surface area contributed by atoms with Gasteiger partial charge < -0.3 is 25.2 Å². The number of hydrogen-bond acceptors (Lipinski definition) is 4. The lowest BCUT2D eigenvalue weighted by Gasteiger charge is -2.37. The summed E-state index contributed by atoms with van der Waals surface area (Å²) in [5.74, 6) is 1.00. The highest BCUT2D eigenvalue weighted by atomic mass is 127. The van der Waals surface area contributed by atoms with Crippen LogP contribution in [0, 0.1) is 0 Å². The molecule has 1 fully saturated rings. The minimum Gasteiger partial charge on any atom is -0.383 e. The van der Waals surface area contributed by atoms with E-state index < -0.39 is 0 Å². The Balaban J connectivity index is 0.00000320. The first kappa shape index (κ1) is 24.3. The van der Waals surface area contributed by atoms with Crippen LogP contribution < -0.4 is 15.5 Å². The van der Waals surface area contributed by atoms with Gasteiger partial charge in [0.05, 0.1) is 13.2 Å². The number of nitrogens with zero attached hydrogens (tertiary/aromatic N) is 3. The summed E-state index contributed by atoms with van der Waals surface area (Å²) < 4.78 is 5.07. The Morgan fingerprint density at radius 3 is 2.33 bits per heavy atom. The van der Waals surface area contributed by atoms with Crippen molar-refractivity contribution >= 4 is 41.3 Å². The molecule has 1 heterocycles. The first-order valence-corrected chi connectivity index (χ1v) is 10.4. The van der Waals surface area contributed by atoms with Gasteiger partial charge in [-0.3, -0.25) is 0 Å². The SMILES string of the molecule is CCNC(=NCc1ccc(NCCOC)cc1)N1CCN(c2ccccc2)CC1.I. The highest BCUT2D eigenvalue weighted by Crippen LogP contribution is 2.16. The molecule has 0 bridgehead atoms. The maximum atomic E-state index is 5.07. The van der Waals surface area contributed by atoms with Gasteiger partial charge in [-0.15, -0.1) is 24.0 Å². The molecule has 1 saturated heterocycles. The summed E-state index contributed by atoms with van der Waals surface area (Å²) in [6.45, 7) is 9.16. The molecule has 0 aliphatic carbocycles. The lowest BCUT2D eigenvalue weighted by Crippen LogP contribution is -2.52. The van der Waals surface area contributed by atoms with E-state index in [0.717, 1.165) is 50.9 Å². The number of aliphatic imine (C=N–C) groups is 1. The zero-order chi connectivity index (χ0) is 20.3. The molecule has 3 rings (SSSR count). The minimum atomic E-state index is 0. The Morgan fingerprint density at radius 2 is 1.70 bits per heavy atom. The number of guanidine groups is 1. The molecule has 0 aromatic heterocycles. The van der Waals surface area contributed by atoms with E-state index in [-0.39, 0.29) is 24.0 Å². The fraction of sp³-hybridized carbons (Fsp3) is 0.435. The van der Waals surface area contributed by atoms with Gasteiger partial charge in [-0.05, 0) is 36.8 Å². The van der Waals surface area contributed by atoms with Crippen LogP contribution >= 0.6 is 24.0 Å². The largest absolute Gasteiger partial charge is 0.383 e. The maximum absolute atomic E-state index is 5.07. The second kappa shape index (κ2) is 13.3. The van der Waals surface area contributed by atoms with E-state index in [4.69, 9.17) is 9.73 Å². The van der Waals surface area contributed by atoms with E-state index in [1.807, 2.05) is 0 Å². The molecule has 2 aromatic rings. The monoisotopic (exact) mass is 523 g/mol. The predicted molar refractivity (Wildman–Crippen MR) is 137 cm³/mol. The molecule has 0 spiro atoms.